The number of aryl methyl sites for hydroxylation is 2. The summed E-state index contributed by atoms with van der Waals surface area (Å²) in [6, 6.07) is 14.7. The molecule has 220 valence electrons. The maximum absolute atomic E-state index is 13.7. The van der Waals surface area contributed by atoms with E-state index in [-0.39, 0.29) is 17.1 Å². The van der Waals surface area contributed by atoms with Crippen LogP contribution in [0.25, 0.3) is 22.0 Å². The lowest BCUT2D eigenvalue weighted by molar-refractivity contribution is -0.128. The van der Waals surface area contributed by atoms with Crippen LogP contribution in [0.2, 0.25) is 0 Å². The lowest BCUT2D eigenvalue weighted by atomic mass is 9.92. The summed E-state index contributed by atoms with van der Waals surface area (Å²) in [5.74, 6) is 6.27. The molecule has 6 nitrogen and oxygen atoms in total. The van der Waals surface area contributed by atoms with E-state index in [0.29, 0.717) is 22.4 Å². The van der Waals surface area contributed by atoms with Crippen molar-refractivity contribution in [2.75, 3.05) is 31.8 Å². The molecule has 0 atom stereocenters. The third-order valence-corrected chi connectivity index (χ3v) is 8.79. The van der Waals surface area contributed by atoms with Gasteiger partial charge in [0.1, 0.15) is 5.75 Å². The number of hydrogen-bond donors (Lipinski definition) is 2. The molecule has 3 aromatic carbocycles. The third kappa shape index (κ3) is 5.98. The van der Waals surface area contributed by atoms with Gasteiger partial charge in [-0.1, -0.05) is 42.2 Å². The predicted octanol–water partition coefficient (Wildman–Crippen LogP) is 5.78. The number of halogens is 3. The van der Waals surface area contributed by atoms with E-state index < -0.39 is 22.4 Å². The van der Waals surface area contributed by atoms with Crippen molar-refractivity contribution in [3.63, 3.8) is 0 Å². The molecule has 4 aromatic rings. The summed E-state index contributed by atoms with van der Waals surface area (Å²) in [6.07, 6.45) is -3.46. The first-order chi connectivity index (χ1) is 19.9. The Morgan fingerprint density at radius 1 is 1.10 bits per heavy atom. The van der Waals surface area contributed by atoms with Gasteiger partial charge >= 0.3 is 6.18 Å². The molecular weight excluding hydrogens is 563 g/mol. The van der Waals surface area contributed by atoms with Gasteiger partial charge in [-0.3, -0.25) is 0 Å². The molecule has 0 saturated carbocycles. The highest BCUT2D eigenvalue weighted by molar-refractivity contribution is 7.90. The van der Waals surface area contributed by atoms with Crippen molar-refractivity contribution in [1.82, 2.24) is 9.88 Å². The van der Waals surface area contributed by atoms with Crippen LogP contribution in [0, 0.1) is 18.8 Å². The van der Waals surface area contributed by atoms with E-state index in [0.717, 1.165) is 48.0 Å². The summed E-state index contributed by atoms with van der Waals surface area (Å²) >= 11 is 0. The van der Waals surface area contributed by atoms with Crippen molar-refractivity contribution in [3.8, 4) is 28.7 Å². The number of sulfone groups is 1. The van der Waals surface area contributed by atoms with Gasteiger partial charge in [0.25, 0.3) is 0 Å². The van der Waals surface area contributed by atoms with Gasteiger partial charge in [0.15, 0.2) is 9.84 Å². The SMILES string of the molecule is COc1cc(S(C)(=O)=O)ccc1NCC#Cc1c(CC(F)(F)F)n(C)c2c(C)c(-c3ccc4c(c3)CCNC4)ccc12. The number of benzene rings is 3. The first-order valence-electron chi connectivity index (χ1n) is 13.5. The monoisotopic (exact) mass is 595 g/mol. The van der Waals surface area contributed by atoms with Crippen LogP contribution in [-0.4, -0.2) is 45.6 Å². The Labute approximate surface area is 243 Å². The van der Waals surface area contributed by atoms with E-state index in [1.165, 1.54) is 30.4 Å². The Morgan fingerprint density at radius 3 is 2.60 bits per heavy atom. The molecule has 0 aliphatic carbocycles. The molecule has 1 aliphatic heterocycles. The largest absolute Gasteiger partial charge is 0.495 e. The van der Waals surface area contributed by atoms with Crippen LogP contribution in [0.15, 0.2) is 53.4 Å². The van der Waals surface area contributed by atoms with Crippen molar-refractivity contribution in [2.45, 2.75) is 37.4 Å². The molecule has 5 rings (SSSR count). The first-order valence-corrected chi connectivity index (χ1v) is 15.4. The molecule has 2 N–H and O–H groups in total. The van der Waals surface area contributed by atoms with Gasteiger partial charge in [-0.05, 0) is 59.8 Å². The van der Waals surface area contributed by atoms with E-state index in [9.17, 15) is 21.6 Å². The van der Waals surface area contributed by atoms with Crippen LogP contribution < -0.4 is 15.4 Å². The molecule has 0 fully saturated rings. The zero-order chi connectivity index (χ0) is 30.2. The number of aromatic nitrogens is 1. The summed E-state index contributed by atoms with van der Waals surface area (Å²) in [4.78, 5) is 0.116. The average molecular weight is 596 g/mol. The summed E-state index contributed by atoms with van der Waals surface area (Å²) in [6.45, 7) is 3.81. The van der Waals surface area contributed by atoms with E-state index in [1.807, 2.05) is 19.1 Å². The number of fused-ring (bicyclic) bond motifs is 2. The molecule has 2 heterocycles. The molecule has 0 radical (unpaired) electrons. The Bertz CT molecular complexity index is 1850. The van der Waals surface area contributed by atoms with Gasteiger partial charge in [0.05, 0.1) is 41.7 Å². The minimum Gasteiger partial charge on any atom is -0.495 e. The van der Waals surface area contributed by atoms with Crippen molar-refractivity contribution >= 4 is 26.4 Å². The van der Waals surface area contributed by atoms with Crippen LogP contribution in [0.4, 0.5) is 18.9 Å². The van der Waals surface area contributed by atoms with Gasteiger partial charge in [0.2, 0.25) is 0 Å². The van der Waals surface area contributed by atoms with E-state index in [2.05, 4.69) is 40.7 Å². The number of methoxy groups -OCH3 is 1. The van der Waals surface area contributed by atoms with Gasteiger partial charge in [-0.25, -0.2) is 8.42 Å². The molecule has 0 bridgehead atoms. The van der Waals surface area contributed by atoms with Gasteiger partial charge < -0.3 is 19.9 Å². The highest BCUT2D eigenvalue weighted by atomic mass is 32.2. The fraction of sp³-hybridized carbons (Fsp3) is 0.312. The minimum atomic E-state index is -4.41. The first kappa shape index (κ1) is 29.5. The second-order valence-corrected chi connectivity index (χ2v) is 12.5. The van der Waals surface area contributed by atoms with Crippen LogP contribution in [0.3, 0.4) is 0 Å². The van der Waals surface area contributed by atoms with Crippen LogP contribution >= 0.6 is 0 Å². The Hall–Kier alpha value is -3.94. The van der Waals surface area contributed by atoms with Crippen LogP contribution in [0.5, 0.6) is 5.75 Å². The number of nitrogens with one attached hydrogen (secondary N) is 2. The number of rotatable bonds is 6. The second-order valence-electron chi connectivity index (χ2n) is 10.5. The van der Waals surface area contributed by atoms with Gasteiger partial charge in [-0.15, -0.1) is 0 Å². The smallest absolute Gasteiger partial charge is 0.394 e. The quantitative estimate of drug-likeness (QED) is 0.277. The zero-order valence-electron chi connectivity index (χ0n) is 23.9. The molecular formula is C32H32F3N3O3S. The summed E-state index contributed by atoms with van der Waals surface area (Å²) < 4.78 is 71.8. The third-order valence-electron chi connectivity index (χ3n) is 7.68. The zero-order valence-corrected chi connectivity index (χ0v) is 24.7. The highest BCUT2D eigenvalue weighted by Gasteiger charge is 2.32. The lowest BCUT2D eigenvalue weighted by Gasteiger charge is -2.19. The number of hydrogen-bond acceptors (Lipinski definition) is 5. The molecule has 10 heteroatoms. The predicted molar refractivity (Wildman–Crippen MR) is 160 cm³/mol. The maximum atomic E-state index is 13.7. The summed E-state index contributed by atoms with van der Waals surface area (Å²) in [5, 5.41) is 7.12. The molecule has 0 saturated heterocycles. The van der Waals surface area contributed by atoms with E-state index in [4.69, 9.17) is 4.74 Å². The number of ether oxygens (including phenoxy) is 1. The topological polar surface area (TPSA) is 72.4 Å². The Balaban J connectivity index is 1.52. The molecule has 0 spiro atoms. The molecule has 42 heavy (non-hydrogen) atoms. The molecule has 0 amide bonds. The molecule has 0 unspecified atom stereocenters. The Kier molecular flexibility index (Phi) is 8.01. The fourth-order valence-electron chi connectivity index (χ4n) is 5.61. The Morgan fingerprint density at radius 2 is 1.88 bits per heavy atom. The standard InChI is InChI=1S/C32H32F3N3O3S/c1-20-25(22-7-8-23-19-36-15-13-21(23)16-22)10-11-27-26(29(18-32(33,34)35)38(2)31(20)27)6-5-14-37-28-12-9-24(42(4,39)40)17-30(28)41-3/h7-12,16-17,36-37H,13-15,18-19H2,1-4H3. The van der Waals surface area contributed by atoms with E-state index in [1.54, 1.807) is 17.7 Å². The van der Waals surface area contributed by atoms with Crippen molar-refractivity contribution in [2.24, 2.45) is 7.05 Å². The van der Waals surface area contributed by atoms with Crippen molar-refractivity contribution in [3.05, 3.63) is 76.5 Å². The average Bonchev–Trinajstić information content (AvgIpc) is 3.20. The maximum Gasteiger partial charge on any atom is 0.394 e. The van der Waals surface area contributed by atoms with Gasteiger partial charge in [0, 0.05) is 37.0 Å². The van der Waals surface area contributed by atoms with Crippen molar-refractivity contribution in [1.29, 1.82) is 0 Å². The van der Waals surface area contributed by atoms with Gasteiger partial charge in [-0.2, -0.15) is 13.2 Å². The minimum absolute atomic E-state index is 0.108. The number of alkyl halides is 3. The van der Waals surface area contributed by atoms with E-state index >= 15 is 0 Å². The fourth-order valence-corrected chi connectivity index (χ4v) is 6.24. The summed E-state index contributed by atoms with van der Waals surface area (Å²) in [5.41, 5.74) is 7.18. The van der Waals surface area contributed by atoms with Crippen molar-refractivity contribution < 1.29 is 26.3 Å². The molecule has 1 aromatic heterocycles. The number of anilines is 1. The van der Waals surface area contributed by atoms with Crippen LogP contribution in [0.1, 0.15) is 27.9 Å². The highest BCUT2D eigenvalue weighted by Crippen LogP contribution is 2.37. The number of nitrogens with zero attached hydrogens (tertiary/aromatic N) is 1. The summed E-state index contributed by atoms with van der Waals surface area (Å²) in [7, 11) is -0.324. The van der Waals surface area contributed by atoms with Crippen LogP contribution in [-0.2, 0) is 36.3 Å². The normalized spacial score (nSPS) is 13.4. The molecule has 1 aliphatic rings. The second kappa shape index (κ2) is 11.4. The lowest BCUT2D eigenvalue weighted by Crippen LogP contribution is -2.23.